The maximum absolute atomic E-state index is 12.0. The molecule has 1 amide bonds. The molecule has 0 aliphatic heterocycles. The Morgan fingerprint density at radius 2 is 1.71 bits per heavy atom. The second kappa shape index (κ2) is 12.4. The fourth-order valence-corrected chi connectivity index (χ4v) is 2.25. The molecule has 0 aromatic rings. The molecule has 0 bridgehead atoms. The minimum Gasteiger partial charge on any atom is -0.481 e. The molecule has 0 aliphatic rings. The third-order valence-electron chi connectivity index (χ3n) is 3.70. The lowest BCUT2D eigenvalue weighted by Gasteiger charge is -2.20. The summed E-state index contributed by atoms with van der Waals surface area (Å²) >= 11 is 0. The molecule has 0 rings (SSSR count). The van der Waals surface area contributed by atoms with Crippen molar-refractivity contribution in [3.05, 3.63) is 12.2 Å². The van der Waals surface area contributed by atoms with Crippen LogP contribution in [0, 0.1) is 5.92 Å². The number of carbonyl (C=O) groups is 2. The van der Waals surface area contributed by atoms with Gasteiger partial charge >= 0.3 is 5.97 Å². The summed E-state index contributed by atoms with van der Waals surface area (Å²) in [5.74, 6) is -1.56. The molecule has 0 saturated heterocycles. The van der Waals surface area contributed by atoms with Crippen LogP contribution >= 0.6 is 0 Å². The molecular weight excluding hydrogens is 266 g/mol. The van der Waals surface area contributed by atoms with Gasteiger partial charge in [0.05, 0.1) is 5.92 Å². The van der Waals surface area contributed by atoms with Crippen LogP contribution in [0.25, 0.3) is 0 Å². The molecule has 0 aliphatic carbocycles. The maximum atomic E-state index is 12.0. The summed E-state index contributed by atoms with van der Waals surface area (Å²) in [5, 5.41) is 9.22. The molecule has 4 heteroatoms. The molecule has 4 nitrogen and oxygen atoms in total. The number of nitrogens with zero attached hydrogens (tertiary/aromatic N) is 1. The lowest BCUT2D eigenvalue weighted by molar-refractivity contribution is -0.145. The highest BCUT2D eigenvalue weighted by Crippen LogP contribution is 2.13. The van der Waals surface area contributed by atoms with E-state index in [1.54, 1.807) is 4.90 Å². The predicted octanol–water partition coefficient (Wildman–Crippen LogP) is 3.86. The average molecular weight is 297 g/mol. The lowest BCUT2D eigenvalue weighted by Crippen LogP contribution is -2.33. The summed E-state index contributed by atoms with van der Waals surface area (Å²) < 4.78 is 0. The number of unbranched alkanes of at least 4 members (excludes halogenated alkanes) is 4. The van der Waals surface area contributed by atoms with Crippen LogP contribution in [0.5, 0.6) is 0 Å². The van der Waals surface area contributed by atoms with E-state index >= 15 is 0 Å². The number of hydrogen-bond acceptors (Lipinski definition) is 2. The molecule has 0 radical (unpaired) electrons. The third kappa shape index (κ3) is 9.27. The zero-order valence-corrected chi connectivity index (χ0v) is 13.8. The van der Waals surface area contributed by atoms with Crippen molar-refractivity contribution in [2.75, 3.05) is 13.1 Å². The molecule has 122 valence electrons. The van der Waals surface area contributed by atoms with Gasteiger partial charge in [0.2, 0.25) is 5.91 Å². The standard InChI is InChI=1S/C17H31NO3/c1-4-7-8-9-10-11-12-13-15(17(20)21)14-16(19)18(5-2)6-3/h11-12,15H,4-10,13-14H2,1-3H3,(H,20,21)/b12-11+. The molecule has 0 heterocycles. The predicted molar refractivity (Wildman–Crippen MR) is 86.2 cm³/mol. The first-order valence-corrected chi connectivity index (χ1v) is 8.22. The molecule has 21 heavy (non-hydrogen) atoms. The quantitative estimate of drug-likeness (QED) is 0.439. The Morgan fingerprint density at radius 1 is 1.05 bits per heavy atom. The Hall–Kier alpha value is -1.32. The van der Waals surface area contributed by atoms with Gasteiger partial charge in [-0.05, 0) is 33.1 Å². The van der Waals surface area contributed by atoms with Crippen LogP contribution in [0.15, 0.2) is 12.2 Å². The molecule has 0 saturated carbocycles. The van der Waals surface area contributed by atoms with Crippen molar-refractivity contribution in [2.45, 2.75) is 65.7 Å². The summed E-state index contributed by atoms with van der Waals surface area (Å²) in [7, 11) is 0. The van der Waals surface area contributed by atoms with Crippen molar-refractivity contribution in [1.29, 1.82) is 0 Å². The van der Waals surface area contributed by atoms with Crippen molar-refractivity contribution >= 4 is 11.9 Å². The van der Waals surface area contributed by atoms with Crippen LogP contribution in [-0.4, -0.2) is 35.0 Å². The molecule has 0 aromatic carbocycles. The number of carbonyl (C=O) groups excluding carboxylic acids is 1. The van der Waals surface area contributed by atoms with Gasteiger partial charge in [0.25, 0.3) is 0 Å². The van der Waals surface area contributed by atoms with Crippen molar-refractivity contribution in [2.24, 2.45) is 5.92 Å². The minimum absolute atomic E-state index is 0.0660. The summed E-state index contributed by atoms with van der Waals surface area (Å²) in [6.45, 7) is 7.27. The average Bonchev–Trinajstić information content (AvgIpc) is 2.46. The van der Waals surface area contributed by atoms with Gasteiger partial charge in [-0.3, -0.25) is 9.59 Å². The Kier molecular flexibility index (Phi) is 11.6. The number of allylic oxidation sites excluding steroid dienone is 2. The minimum atomic E-state index is -0.883. The van der Waals surface area contributed by atoms with Crippen LogP contribution < -0.4 is 0 Å². The van der Waals surface area contributed by atoms with E-state index in [1.807, 2.05) is 26.0 Å². The smallest absolute Gasteiger partial charge is 0.307 e. The van der Waals surface area contributed by atoms with Crippen molar-refractivity contribution in [3.8, 4) is 0 Å². The molecule has 0 spiro atoms. The van der Waals surface area contributed by atoms with Gasteiger partial charge < -0.3 is 10.0 Å². The summed E-state index contributed by atoms with van der Waals surface area (Å²) in [6, 6.07) is 0. The summed E-state index contributed by atoms with van der Waals surface area (Å²) in [4.78, 5) is 24.9. The highest BCUT2D eigenvalue weighted by atomic mass is 16.4. The molecule has 1 N–H and O–H groups in total. The zero-order chi connectivity index (χ0) is 16.1. The van der Waals surface area contributed by atoms with Gasteiger partial charge in [-0.2, -0.15) is 0 Å². The topological polar surface area (TPSA) is 57.6 Å². The molecule has 0 fully saturated rings. The second-order valence-electron chi connectivity index (χ2n) is 5.36. The van der Waals surface area contributed by atoms with E-state index in [0.717, 1.165) is 12.8 Å². The largest absolute Gasteiger partial charge is 0.481 e. The molecular formula is C17H31NO3. The number of aliphatic carboxylic acids is 1. The van der Waals surface area contributed by atoms with Gasteiger partial charge in [0, 0.05) is 19.5 Å². The third-order valence-corrected chi connectivity index (χ3v) is 3.70. The lowest BCUT2D eigenvalue weighted by atomic mass is 10.00. The van der Waals surface area contributed by atoms with Gasteiger partial charge in [-0.1, -0.05) is 38.3 Å². The van der Waals surface area contributed by atoms with Gasteiger partial charge in [0.1, 0.15) is 0 Å². The van der Waals surface area contributed by atoms with Crippen LogP contribution in [0.3, 0.4) is 0 Å². The number of carboxylic acid groups (broad SMARTS) is 1. The first-order chi connectivity index (χ1) is 10.1. The number of amides is 1. The van der Waals surface area contributed by atoms with Crippen LogP contribution in [0.1, 0.15) is 65.7 Å². The van der Waals surface area contributed by atoms with Crippen LogP contribution in [0.2, 0.25) is 0 Å². The van der Waals surface area contributed by atoms with Gasteiger partial charge in [-0.15, -0.1) is 0 Å². The van der Waals surface area contributed by atoms with E-state index < -0.39 is 11.9 Å². The Morgan fingerprint density at radius 3 is 2.24 bits per heavy atom. The van der Waals surface area contributed by atoms with Gasteiger partial charge in [0.15, 0.2) is 0 Å². The Labute approximate surface area is 129 Å². The van der Waals surface area contributed by atoms with E-state index in [-0.39, 0.29) is 12.3 Å². The van der Waals surface area contributed by atoms with E-state index in [4.69, 9.17) is 0 Å². The van der Waals surface area contributed by atoms with Crippen molar-refractivity contribution in [3.63, 3.8) is 0 Å². The van der Waals surface area contributed by atoms with E-state index in [9.17, 15) is 14.7 Å². The summed E-state index contributed by atoms with van der Waals surface area (Å²) in [5.41, 5.74) is 0. The summed E-state index contributed by atoms with van der Waals surface area (Å²) in [6.07, 6.45) is 10.4. The fraction of sp³-hybridized carbons (Fsp3) is 0.765. The fourth-order valence-electron chi connectivity index (χ4n) is 2.25. The van der Waals surface area contributed by atoms with Crippen LogP contribution in [0.4, 0.5) is 0 Å². The van der Waals surface area contributed by atoms with Gasteiger partial charge in [-0.25, -0.2) is 0 Å². The van der Waals surface area contributed by atoms with E-state index in [1.165, 1.54) is 19.3 Å². The van der Waals surface area contributed by atoms with E-state index in [2.05, 4.69) is 6.92 Å². The Balaban J connectivity index is 4.16. The number of hydrogen-bond donors (Lipinski definition) is 1. The van der Waals surface area contributed by atoms with Crippen LogP contribution in [-0.2, 0) is 9.59 Å². The number of rotatable bonds is 12. The van der Waals surface area contributed by atoms with Crippen molar-refractivity contribution in [1.82, 2.24) is 4.90 Å². The molecule has 1 atom stereocenters. The SMILES string of the molecule is CCCCCC/C=C/CC(CC(=O)N(CC)CC)C(=O)O. The first kappa shape index (κ1) is 19.7. The normalized spacial score (nSPS) is 12.5. The highest BCUT2D eigenvalue weighted by molar-refractivity contribution is 5.82. The Bertz CT molecular complexity index is 322. The highest BCUT2D eigenvalue weighted by Gasteiger charge is 2.22. The first-order valence-electron chi connectivity index (χ1n) is 8.22. The molecule has 1 unspecified atom stereocenters. The maximum Gasteiger partial charge on any atom is 0.307 e. The molecule has 0 aromatic heterocycles. The monoisotopic (exact) mass is 297 g/mol. The second-order valence-corrected chi connectivity index (χ2v) is 5.36. The zero-order valence-electron chi connectivity index (χ0n) is 13.8. The van der Waals surface area contributed by atoms with E-state index in [0.29, 0.717) is 19.5 Å². The van der Waals surface area contributed by atoms with Crippen molar-refractivity contribution < 1.29 is 14.7 Å². The number of carboxylic acids is 1.